The summed E-state index contributed by atoms with van der Waals surface area (Å²) in [5.74, 6) is 1.61. The molecule has 0 aliphatic carbocycles. The quantitative estimate of drug-likeness (QED) is 0.908. The predicted molar refractivity (Wildman–Crippen MR) is 82.7 cm³/mol. The molecule has 1 N–H and O–H groups in total. The highest BCUT2D eigenvalue weighted by Gasteiger charge is 2.12. The number of anilines is 1. The average Bonchev–Trinajstić information content (AvgIpc) is 2.53. The number of rotatable bonds is 5. The molecule has 0 aliphatic heterocycles. The van der Waals surface area contributed by atoms with Crippen LogP contribution in [0.15, 0.2) is 42.5 Å². The fraction of sp³-hybridized carbons (Fsp3) is 0.235. The summed E-state index contributed by atoms with van der Waals surface area (Å²) in [5.41, 5.74) is 2.79. The predicted octanol–water partition coefficient (Wildman–Crippen LogP) is 3.69. The van der Waals surface area contributed by atoms with Gasteiger partial charge in [0.05, 0.1) is 20.3 Å². The van der Waals surface area contributed by atoms with Gasteiger partial charge in [-0.25, -0.2) is 0 Å². The lowest BCUT2D eigenvalue weighted by molar-refractivity contribution is 0.411. The lowest BCUT2D eigenvalue weighted by Crippen LogP contribution is -2.08. The van der Waals surface area contributed by atoms with Gasteiger partial charge in [0.2, 0.25) is 0 Å². The highest BCUT2D eigenvalue weighted by Crippen LogP contribution is 2.25. The molecule has 0 bridgehead atoms. The minimum atomic E-state index is -0.414. The van der Waals surface area contributed by atoms with E-state index in [-0.39, 0.29) is 0 Å². The number of ether oxygens (including phenoxy) is 2. The van der Waals surface area contributed by atoms with Gasteiger partial charge in [0, 0.05) is 5.69 Å². The van der Waals surface area contributed by atoms with E-state index in [2.05, 4.69) is 11.4 Å². The molecule has 4 nitrogen and oxygen atoms in total. The van der Waals surface area contributed by atoms with Crippen molar-refractivity contribution < 1.29 is 9.47 Å². The van der Waals surface area contributed by atoms with Crippen molar-refractivity contribution in [3.8, 4) is 17.6 Å². The molecule has 0 aliphatic rings. The molecule has 1 atom stereocenters. The van der Waals surface area contributed by atoms with E-state index in [1.807, 2.05) is 49.4 Å². The van der Waals surface area contributed by atoms with E-state index in [0.717, 1.165) is 28.3 Å². The topological polar surface area (TPSA) is 54.3 Å². The number of nitrogens with zero attached hydrogens (tertiary/aromatic N) is 1. The van der Waals surface area contributed by atoms with Crippen LogP contribution in [0.25, 0.3) is 0 Å². The summed E-state index contributed by atoms with van der Waals surface area (Å²) < 4.78 is 10.4. The van der Waals surface area contributed by atoms with Crippen LogP contribution in [0.5, 0.6) is 11.5 Å². The Labute approximate surface area is 124 Å². The Kier molecular flexibility index (Phi) is 4.68. The lowest BCUT2D eigenvalue weighted by atomic mass is 10.0. The Morgan fingerprint density at radius 3 is 2.29 bits per heavy atom. The minimum absolute atomic E-state index is 0.414. The molecule has 0 saturated carbocycles. The maximum atomic E-state index is 9.39. The largest absolute Gasteiger partial charge is 0.497 e. The highest BCUT2D eigenvalue weighted by molar-refractivity contribution is 5.50. The zero-order valence-corrected chi connectivity index (χ0v) is 12.4. The second kappa shape index (κ2) is 6.67. The van der Waals surface area contributed by atoms with Gasteiger partial charge < -0.3 is 14.8 Å². The van der Waals surface area contributed by atoms with Crippen LogP contribution in [0.4, 0.5) is 5.69 Å². The molecule has 0 aromatic heterocycles. The van der Waals surface area contributed by atoms with Crippen LogP contribution in [-0.4, -0.2) is 14.2 Å². The smallest absolute Gasteiger partial charge is 0.140 e. The number of aryl methyl sites for hydroxylation is 1. The Balaban J connectivity index is 2.19. The zero-order valence-electron chi connectivity index (χ0n) is 12.4. The van der Waals surface area contributed by atoms with Gasteiger partial charge >= 0.3 is 0 Å². The Hall–Kier alpha value is -2.67. The highest BCUT2D eigenvalue weighted by atomic mass is 16.5. The Morgan fingerprint density at radius 2 is 1.76 bits per heavy atom. The molecular formula is C17H18N2O2. The van der Waals surface area contributed by atoms with Crippen LogP contribution >= 0.6 is 0 Å². The van der Waals surface area contributed by atoms with Crippen LogP contribution in [0.2, 0.25) is 0 Å². The van der Waals surface area contributed by atoms with E-state index >= 15 is 0 Å². The maximum Gasteiger partial charge on any atom is 0.140 e. The van der Waals surface area contributed by atoms with E-state index in [0.29, 0.717) is 0 Å². The number of hydrogen-bond acceptors (Lipinski definition) is 4. The first-order valence-corrected chi connectivity index (χ1v) is 6.62. The summed E-state index contributed by atoms with van der Waals surface area (Å²) in [6.07, 6.45) is 0. The zero-order chi connectivity index (χ0) is 15.2. The fourth-order valence-electron chi connectivity index (χ4n) is 2.13. The second-order valence-corrected chi connectivity index (χ2v) is 4.66. The summed E-state index contributed by atoms with van der Waals surface area (Å²) in [6, 6.07) is 15.1. The molecule has 0 amide bonds. The molecule has 0 radical (unpaired) electrons. The van der Waals surface area contributed by atoms with E-state index < -0.39 is 6.04 Å². The molecule has 0 heterocycles. The van der Waals surface area contributed by atoms with Crippen LogP contribution < -0.4 is 14.8 Å². The molecule has 0 fully saturated rings. The molecular weight excluding hydrogens is 264 g/mol. The summed E-state index contributed by atoms with van der Waals surface area (Å²) in [7, 11) is 3.26. The van der Waals surface area contributed by atoms with E-state index in [4.69, 9.17) is 9.47 Å². The van der Waals surface area contributed by atoms with Crippen LogP contribution in [-0.2, 0) is 0 Å². The van der Waals surface area contributed by atoms with Gasteiger partial charge in [0.25, 0.3) is 0 Å². The normalized spacial score (nSPS) is 11.3. The molecule has 108 valence electrons. The molecule has 4 heteroatoms. The van der Waals surface area contributed by atoms with Crippen molar-refractivity contribution in [1.82, 2.24) is 0 Å². The van der Waals surface area contributed by atoms with Gasteiger partial charge in [-0.1, -0.05) is 6.07 Å². The Bertz CT molecular complexity index is 645. The maximum absolute atomic E-state index is 9.39. The van der Waals surface area contributed by atoms with Crippen molar-refractivity contribution in [3.05, 3.63) is 53.6 Å². The van der Waals surface area contributed by atoms with Gasteiger partial charge in [-0.3, -0.25) is 0 Å². The van der Waals surface area contributed by atoms with Gasteiger partial charge in [-0.15, -0.1) is 0 Å². The average molecular weight is 282 g/mol. The van der Waals surface area contributed by atoms with Crippen molar-refractivity contribution >= 4 is 5.69 Å². The third-order valence-corrected chi connectivity index (χ3v) is 3.28. The molecule has 0 saturated heterocycles. The molecule has 0 spiro atoms. The van der Waals surface area contributed by atoms with Crippen LogP contribution in [0, 0.1) is 18.3 Å². The molecule has 2 rings (SSSR count). The van der Waals surface area contributed by atoms with Crippen molar-refractivity contribution in [1.29, 1.82) is 5.26 Å². The first kappa shape index (κ1) is 14.7. The van der Waals surface area contributed by atoms with Gasteiger partial charge in [0.1, 0.15) is 17.5 Å². The lowest BCUT2D eigenvalue weighted by Gasteiger charge is -2.15. The fourth-order valence-corrected chi connectivity index (χ4v) is 2.13. The second-order valence-electron chi connectivity index (χ2n) is 4.66. The van der Waals surface area contributed by atoms with Gasteiger partial charge in [0.15, 0.2) is 0 Å². The molecule has 2 aromatic rings. The molecule has 21 heavy (non-hydrogen) atoms. The SMILES string of the molecule is COc1ccc(NC(C#N)c2ccc(OC)c(C)c2)cc1. The summed E-state index contributed by atoms with van der Waals surface area (Å²) in [6.45, 7) is 1.96. The first-order chi connectivity index (χ1) is 10.2. The van der Waals surface area contributed by atoms with Crippen LogP contribution in [0.3, 0.4) is 0 Å². The van der Waals surface area contributed by atoms with E-state index in [1.165, 1.54) is 0 Å². The Morgan fingerprint density at radius 1 is 1.05 bits per heavy atom. The van der Waals surface area contributed by atoms with E-state index in [9.17, 15) is 5.26 Å². The summed E-state index contributed by atoms with van der Waals surface area (Å²) in [5, 5.41) is 12.6. The van der Waals surface area contributed by atoms with Crippen molar-refractivity contribution in [2.75, 3.05) is 19.5 Å². The third-order valence-electron chi connectivity index (χ3n) is 3.28. The summed E-state index contributed by atoms with van der Waals surface area (Å²) >= 11 is 0. The molecule has 1 unspecified atom stereocenters. The van der Waals surface area contributed by atoms with Crippen LogP contribution in [0.1, 0.15) is 17.2 Å². The number of hydrogen-bond donors (Lipinski definition) is 1. The molecule has 2 aromatic carbocycles. The number of nitriles is 1. The van der Waals surface area contributed by atoms with E-state index in [1.54, 1.807) is 14.2 Å². The van der Waals surface area contributed by atoms with Crippen molar-refractivity contribution in [3.63, 3.8) is 0 Å². The van der Waals surface area contributed by atoms with Crippen molar-refractivity contribution in [2.45, 2.75) is 13.0 Å². The minimum Gasteiger partial charge on any atom is -0.497 e. The number of nitrogens with one attached hydrogen (secondary N) is 1. The standard InChI is InChI=1S/C17H18N2O2/c1-12-10-13(4-9-17(12)21-3)16(11-18)19-14-5-7-15(20-2)8-6-14/h4-10,16,19H,1-3H3. The third kappa shape index (κ3) is 3.46. The van der Waals surface area contributed by atoms with Crippen molar-refractivity contribution in [2.24, 2.45) is 0 Å². The number of methoxy groups -OCH3 is 2. The monoisotopic (exact) mass is 282 g/mol. The summed E-state index contributed by atoms with van der Waals surface area (Å²) in [4.78, 5) is 0. The first-order valence-electron chi connectivity index (χ1n) is 6.62. The van der Waals surface area contributed by atoms with Gasteiger partial charge in [-0.2, -0.15) is 5.26 Å². The van der Waals surface area contributed by atoms with Gasteiger partial charge in [-0.05, 0) is 54.4 Å². The number of benzene rings is 2.